The number of hydrogen-bond acceptors (Lipinski definition) is 6. The molecule has 3 atom stereocenters. The van der Waals surface area contributed by atoms with E-state index in [2.05, 4.69) is 26.5 Å². The number of fused-ring (bicyclic) bond motifs is 1. The highest BCUT2D eigenvalue weighted by Gasteiger charge is 2.40. The first-order chi connectivity index (χ1) is 13.9. The molecular formula is C21H31N5O3. The molecule has 1 amide bonds. The highest BCUT2D eigenvalue weighted by Crippen LogP contribution is 2.50. The Morgan fingerprint density at radius 1 is 1.38 bits per heavy atom. The molecule has 2 N–H and O–H groups in total. The molecule has 2 aromatic heterocycles. The fourth-order valence-corrected chi connectivity index (χ4v) is 4.20. The van der Waals surface area contributed by atoms with E-state index in [-0.39, 0.29) is 12.1 Å². The molecule has 1 saturated heterocycles. The molecule has 1 aliphatic heterocycles. The van der Waals surface area contributed by atoms with Gasteiger partial charge in [-0.3, -0.25) is 0 Å². The third-order valence-electron chi connectivity index (χ3n) is 5.62. The smallest absolute Gasteiger partial charge is 0.410 e. The Labute approximate surface area is 171 Å². The van der Waals surface area contributed by atoms with Crippen LogP contribution in [0.25, 0.3) is 11.0 Å². The molecule has 1 saturated carbocycles. The van der Waals surface area contributed by atoms with Gasteiger partial charge in [-0.25, -0.2) is 14.8 Å². The van der Waals surface area contributed by atoms with Crippen LogP contribution in [0.4, 0.5) is 10.6 Å². The molecule has 8 nitrogen and oxygen atoms in total. The van der Waals surface area contributed by atoms with Gasteiger partial charge in [-0.1, -0.05) is 0 Å². The van der Waals surface area contributed by atoms with Gasteiger partial charge >= 0.3 is 6.09 Å². The lowest BCUT2D eigenvalue weighted by Gasteiger charge is -2.34. The van der Waals surface area contributed by atoms with Crippen molar-refractivity contribution in [2.24, 2.45) is 5.92 Å². The third kappa shape index (κ3) is 4.47. The van der Waals surface area contributed by atoms with Crippen LogP contribution in [0.5, 0.6) is 0 Å². The SMILES string of the molecule is COCC1CC1c1c[nH]c2ncnc(NC3CCCN(C(=O)OC(C)(C)C)C3)c12. The van der Waals surface area contributed by atoms with Gasteiger partial charge in [0.2, 0.25) is 0 Å². The molecule has 3 heterocycles. The molecule has 2 fully saturated rings. The first-order valence-corrected chi connectivity index (χ1v) is 10.4. The molecule has 0 radical (unpaired) electrons. The van der Waals surface area contributed by atoms with Crippen LogP contribution in [0.3, 0.4) is 0 Å². The lowest BCUT2D eigenvalue weighted by atomic mass is 10.1. The zero-order valence-corrected chi connectivity index (χ0v) is 17.7. The molecule has 3 unspecified atom stereocenters. The fraction of sp³-hybridized carbons (Fsp3) is 0.667. The summed E-state index contributed by atoms with van der Waals surface area (Å²) in [6.07, 6.45) is 6.44. The molecule has 29 heavy (non-hydrogen) atoms. The second kappa shape index (κ2) is 7.82. The number of amides is 1. The van der Waals surface area contributed by atoms with Gasteiger partial charge in [0.25, 0.3) is 0 Å². The second-order valence-corrected chi connectivity index (χ2v) is 9.16. The van der Waals surface area contributed by atoms with Crippen LogP contribution in [0, 0.1) is 5.92 Å². The molecule has 0 spiro atoms. The average Bonchev–Trinajstić information content (AvgIpc) is 3.28. The van der Waals surface area contributed by atoms with Crippen molar-refractivity contribution in [3.63, 3.8) is 0 Å². The Morgan fingerprint density at radius 3 is 2.97 bits per heavy atom. The number of carbonyl (C=O) groups is 1. The number of H-pyrrole nitrogens is 1. The summed E-state index contributed by atoms with van der Waals surface area (Å²) in [7, 11) is 1.75. The summed E-state index contributed by atoms with van der Waals surface area (Å²) in [5, 5.41) is 4.64. The first-order valence-electron chi connectivity index (χ1n) is 10.4. The largest absolute Gasteiger partial charge is 0.444 e. The van der Waals surface area contributed by atoms with E-state index in [1.54, 1.807) is 18.3 Å². The first kappa shape index (κ1) is 19.9. The number of hydrogen-bond donors (Lipinski definition) is 2. The summed E-state index contributed by atoms with van der Waals surface area (Å²) >= 11 is 0. The van der Waals surface area contributed by atoms with Crippen LogP contribution in [0.15, 0.2) is 12.5 Å². The van der Waals surface area contributed by atoms with E-state index in [9.17, 15) is 4.79 Å². The minimum absolute atomic E-state index is 0.131. The standard InChI is InChI=1S/C21H31N5O3/c1-21(2,3)29-20(27)26-7-5-6-14(10-26)25-19-17-16(15-8-13(15)11-28-4)9-22-18(17)23-12-24-19/h9,12-15H,5-8,10-11H2,1-4H3,(H2,22,23,24,25). The minimum atomic E-state index is -0.487. The number of rotatable bonds is 5. The van der Waals surface area contributed by atoms with Crippen molar-refractivity contribution in [1.29, 1.82) is 0 Å². The van der Waals surface area contributed by atoms with Gasteiger partial charge in [0, 0.05) is 39.0 Å². The van der Waals surface area contributed by atoms with Gasteiger partial charge in [0.1, 0.15) is 23.4 Å². The van der Waals surface area contributed by atoms with E-state index in [4.69, 9.17) is 9.47 Å². The maximum Gasteiger partial charge on any atom is 0.410 e. The van der Waals surface area contributed by atoms with E-state index in [1.165, 1.54) is 5.56 Å². The Balaban J connectivity index is 1.49. The number of carbonyl (C=O) groups excluding carboxylic acids is 1. The van der Waals surface area contributed by atoms with E-state index in [0.29, 0.717) is 18.4 Å². The molecule has 2 aromatic rings. The van der Waals surface area contributed by atoms with Crippen molar-refractivity contribution in [1.82, 2.24) is 19.9 Å². The predicted molar refractivity (Wildman–Crippen MR) is 111 cm³/mol. The van der Waals surface area contributed by atoms with Crippen molar-refractivity contribution in [2.75, 3.05) is 32.1 Å². The topological polar surface area (TPSA) is 92.4 Å². The maximum atomic E-state index is 12.5. The van der Waals surface area contributed by atoms with Crippen LogP contribution in [0.2, 0.25) is 0 Å². The number of nitrogens with zero attached hydrogens (tertiary/aromatic N) is 3. The van der Waals surface area contributed by atoms with Crippen LogP contribution >= 0.6 is 0 Å². The Hall–Kier alpha value is -2.35. The molecule has 8 heteroatoms. The normalized spacial score (nSPS) is 24.6. The average molecular weight is 402 g/mol. The van der Waals surface area contributed by atoms with Crippen LogP contribution in [0.1, 0.15) is 51.5 Å². The minimum Gasteiger partial charge on any atom is -0.444 e. The van der Waals surface area contributed by atoms with Gasteiger partial charge in [0.05, 0.1) is 5.39 Å². The number of ether oxygens (including phenoxy) is 2. The number of anilines is 1. The number of nitrogens with one attached hydrogen (secondary N) is 2. The number of methoxy groups -OCH3 is 1. The van der Waals surface area contributed by atoms with Crippen molar-refractivity contribution in [2.45, 2.75) is 57.6 Å². The lowest BCUT2D eigenvalue weighted by molar-refractivity contribution is 0.0206. The zero-order valence-electron chi connectivity index (χ0n) is 17.7. The molecular weight excluding hydrogens is 370 g/mol. The predicted octanol–water partition coefficient (Wildman–Crippen LogP) is 3.52. The van der Waals surface area contributed by atoms with Crippen molar-refractivity contribution >= 4 is 22.9 Å². The summed E-state index contributed by atoms with van der Waals surface area (Å²) in [5.41, 5.74) is 1.62. The van der Waals surface area contributed by atoms with Crippen LogP contribution < -0.4 is 5.32 Å². The molecule has 2 aliphatic rings. The van der Waals surface area contributed by atoms with E-state index in [1.807, 2.05) is 20.8 Å². The summed E-state index contributed by atoms with van der Waals surface area (Å²) in [4.78, 5) is 26.5. The molecule has 0 aromatic carbocycles. The Kier molecular flexibility index (Phi) is 5.38. The number of aromatic nitrogens is 3. The molecule has 4 rings (SSSR count). The van der Waals surface area contributed by atoms with Crippen molar-refractivity contribution in [3.8, 4) is 0 Å². The molecule has 0 bridgehead atoms. The fourth-order valence-electron chi connectivity index (χ4n) is 4.20. The van der Waals surface area contributed by atoms with Crippen molar-refractivity contribution in [3.05, 3.63) is 18.1 Å². The Bertz CT molecular complexity index is 875. The number of aromatic amines is 1. The van der Waals surface area contributed by atoms with Gasteiger partial charge in [0.15, 0.2) is 0 Å². The summed E-state index contributed by atoms with van der Waals surface area (Å²) < 4.78 is 10.9. The van der Waals surface area contributed by atoms with Crippen LogP contribution in [-0.2, 0) is 9.47 Å². The number of likely N-dealkylation sites (tertiary alicyclic amines) is 1. The van der Waals surface area contributed by atoms with Gasteiger partial charge < -0.3 is 24.7 Å². The maximum absolute atomic E-state index is 12.5. The van der Waals surface area contributed by atoms with Gasteiger partial charge in [-0.2, -0.15) is 0 Å². The van der Waals surface area contributed by atoms with E-state index >= 15 is 0 Å². The third-order valence-corrected chi connectivity index (χ3v) is 5.62. The second-order valence-electron chi connectivity index (χ2n) is 9.16. The molecule has 1 aliphatic carbocycles. The van der Waals surface area contributed by atoms with Crippen molar-refractivity contribution < 1.29 is 14.3 Å². The number of piperidine rings is 1. The molecule has 158 valence electrons. The summed E-state index contributed by atoms with van der Waals surface area (Å²) in [5.74, 6) is 1.88. The van der Waals surface area contributed by atoms with E-state index < -0.39 is 5.60 Å². The highest BCUT2D eigenvalue weighted by molar-refractivity contribution is 5.91. The summed E-state index contributed by atoms with van der Waals surface area (Å²) in [6, 6.07) is 0.131. The summed E-state index contributed by atoms with van der Waals surface area (Å²) in [6.45, 7) is 7.79. The van der Waals surface area contributed by atoms with E-state index in [0.717, 1.165) is 49.3 Å². The van der Waals surface area contributed by atoms with Gasteiger partial charge in [-0.05, 0) is 57.4 Å². The van der Waals surface area contributed by atoms with Crippen LogP contribution in [-0.4, -0.2) is 64.4 Å². The monoisotopic (exact) mass is 401 g/mol. The zero-order chi connectivity index (χ0) is 20.6. The highest BCUT2D eigenvalue weighted by atomic mass is 16.6. The quantitative estimate of drug-likeness (QED) is 0.796. The lowest BCUT2D eigenvalue weighted by Crippen LogP contribution is -2.47. The van der Waals surface area contributed by atoms with Gasteiger partial charge in [-0.15, -0.1) is 0 Å². The Morgan fingerprint density at radius 2 is 2.21 bits per heavy atom.